The number of rotatable bonds is 4. The summed E-state index contributed by atoms with van der Waals surface area (Å²) in [6.07, 6.45) is 0. The minimum atomic E-state index is 0.625. The second-order valence-electron chi connectivity index (χ2n) is 4.58. The first-order chi connectivity index (χ1) is 9.85. The fourth-order valence-electron chi connectivity index (χ4n) is 2.10. The molecule has 0 radical (unpaired) electrons. The monoisotopic (exact) mass is 287 g/mol. The number of fused-ring (bicyclic) bond motifs is 1. The fourth-order valence-corrected chi connectivity index (χ4v) is 2.95. The van der Waals surface area contributed by atoms with E-state index in [1.807, 2.05) is 19.2 Å². The fraction of sp³-hybridized carbons (Fsp3) is 0.250. The Hall–Kier alpha value is -1.65. The lowest BCUT2D eigenvalue weighted by Gasteiger charge is -2.18. The van der Waals surface area contributed by atoms with Crippen molar-refractivity contribution in [2.45, 2.75) is 16.3 Å². The van der Waals surface area contributed by atoms with Gasteiger partial charge in [-0.05, 0) is 42.9 Å². The largest absolute Gasteiger partial charge is 0.486 e. The lowest BCUT2D eigenvalue weighted by atomic mass is 10.2. The SMILES string of the molecule is CNCc1ccc(Sc2ccc3c(c2)OCCO3)cc1. The molecule has 20 heavy (non-hydrogen) atoms. The van der Waals surface area contributed by atoms with E-state index in [4.69, 9.17) is 9.47 Å². The molecular formula is C16H17NO2S. The van der Waals surface area contributed by atoms with E-state index in [1.54, 1.807) is 11.8 Å². The summed E-state index contributed by atoms with van der Waals surface area (Å²) in [4.78, 5) is 2.39. The first-order valence-electron chi connectivity index (χ1n) is 6.66. The molecule has 0 amide bonds. The van der Waals surface area contributed by atoms with Crippen LogP contribution in [-0.2, 0) is 6.54 Å². The van der Waals surface area contributed by atoms with Crippen LogP contribution in [0.5, 0.6) is 11.5 Å². The molecule has 0 aliphatic carbocycles. The van der Waals surface area contributed by atoms with Crippen LogP contribution in [0, 0.1) is 0 Å². The van der Waals surface area contributed by atoms with Gasteiger partial charge in [-0.1, -0.05) is 23.9 Å². The van der Waals surface area contributed by atoms with Crippen LogP contribution >= 0.6 is 11.8 Å². The maximum atomic E-state index is 5.61. The van der Waals surface area contributed by atoms with Crippen LogP contribution in [-0.4, -0.2) is 20.3 Å². The van der Waals surface area contributed by atoms with E-state index in [-0.39, 0.29) is 0 Å². The number of nitrogens with one attached hydrogen (secondary N) is 1. The summed E-state index contributed by atoms with van der Waals surface area (Å²) >= 11 is 1.73. The Balaban J connectivity index is 1.73. The van der Waals surface area contributed by atoms with E-state index in [0.29, 0.717) is 13.2 Å². The first kappa shape index (κ1) is 13.3. The van der Waals surface area contributed by atoms with Crippen LogP contribution in [0.3, 0.4) is 0 Å². The van der Waals surface area contributed by atoms with Gasteiger partial charge in [-0.25, -0.2) is 0 Å². The standard InChI is InChI=1S/C16H17NO2S/c1-17-11-12-2-4-13(5-3-12)20-14-6-7-15-16(10-14)19-9-8-18-15/h2-7,10,17H,8-9,11H2,1H3. The molecule has 1 aliphatic rings. The van der Waals surface area contributed by atoms with Gasteiger partial charge in [0, 0.05) is 16.3 Å². The zero-order chi connectivity index (χ0) is 13.8. The van der Waals surface area contributed by atoms with Crippen LogP contribution in [0.1, 0.15) is 5.56 Å². The molecule has 1 N–H and O–H groups in total. The van der Waals surface area contributed by atoms with Crippen LogP contribution in [0.25, 0.3) is 0 Å². The van der Waals surface area contributed by atoms with Crippen molar-refractivity contribution in [1.29, 1.82) is 0 Å². The van der Waals surface area contributed by atoms with Gasteiger partial charge in [-0.2, -0.15) is 0 Å². The molecular weight excluding hydrogens is 270 g/mol. The Morgan fingerprint density at radius 3 is 2.40 bits per heavy atom. The van der Waals surface area contributed by atoms with Crippen molar-refractivity contribution in [3.8, 4) is 11.5 Å². The zero-order valence-corrected chi connectivity index (χ0v) is 12.2. The smallest absolute Gasteiger partial charge is 0.162 e. The molecule has 2 aromatic rings. The summed E-state index contributed by atoms with van der Waals surface area (Å²) in [5.74, 6) is 1.68. The number of benzene rings is 2. The van der Waals surface area contributed by atoms with E-state index in [0.717, 1.165) is 22.9 Å². The second-order valence-corrected chi connectivity index (χ2v) is 5.73. The minimum absolute atomic E-state index is 0.625. The van der Waals surface area contributed by atoms with Crippen molar-refractivity contribution in [3.05, 3.63) is 48.0 Å². The third-order valence-corrected chi connectivity index (χ3v) is 4.05. The van der Waals surface area contributed by atoms with Crippen molar-refractivity contribution < 1.29 is 9.47 Å². The number of hydrogen-bond donors (Lipinski definition) is 1. The van der Waals surface area contributed by atoms with Crippen molar-refractivity contribution in [3.63, 3.8) is 0 Å². The Bertz CT molecular complexity index is 584. The number of ether oxygens (including phenoxy) is 2. The molecule has 0 bridgehead atoms. The van der Waals surface area contributed by atoms with Gasteiger partial charge in [0.15, 0.2) is 11.5 Å². The Morgan fingerprint density at radius 1 is 0.950 bits per heavy atom. The van der Waals surface area contributed by atoms with Crippen LogP contribution < -0.4 is 14.8 Å². The van der Waals surface area contributed by atoms with E-state index in [9.17, 15) is 0 Å². The normalized spacial score (nSPS) is 13.2. The average molecular weight is 287 g/mol. The van der Waals surface area contributed by atoms with Crippen LogP contribution in [0.15, 0.2) is 52.3 Å². The quantitative estimate of drug-likeness (QED) is 0.934. The van der Waals surface area contributed by atoms with Gasteiger partial charge in [0.1, 0.15) is 13.2 Å². The lowest BCUT2D eigenvalue weighted by molar-refractivity contribution is 0.171. The highest BCUT2D eigenvalue weighted by Crippen LogP contribution is 2.36. The predicted molar refractivity (Wildman–Crippen MR) is 80.8 cm³/mol. The van der Waals surface area contributed by atoms with Gasteiger partial charge >= 0.3 is 0 Å². The maximum Gasteiger partial charge on any atom is 0.162 e. The highest BCUT2D eigenvalue weighted by atomic mass is 32.2. The molecule has 3 nitrogen and oxygen atoms in total. The third-order valence-electron chi connectivity index (χ3n) is 3.05. The van der Waals surface area contributed by atoms with Gasteiger partial charge in [0.2, 0.25) is 0 Å². The molecule has 0 fully saturated rings. The van der Waals surface area contributed by atoms with E-state index >= 15 is 0 Å². The highest BCUT2D eigenvalue weighted by Gasteiger charge is 2.12. The zero-order valence-electron chi connectivity index (χ0n) is 11.4. The highest BCUT2D eigenvalue weighted by molar-refractivity contribution is 7.99. The maximum absolute atomic E-state index is 5.61. The van der Waals surface area contributed by atoms with Crippen LogP contribution in [0.2, 0.25) is 0 Å². The van der Waals surface area contributed by atoms with Gasteiger partial charge in [-0.15, -0.1) is 0 Å². The van der Waals surface area contributed by atoms with E-state index in [2.05, 4.69) is 35.6 Å². The van der Waals surface area contributed by atoms with E-state index in [1.165, 1.54) is 10.5 Å². The molecule has 2 aromatic carbocycles. The molecule has 0 aromatic heterocycles. The Labute approximate surface area is 123 Å². The molecule has 3 rings (SSSR count). The molecule has 0 unspecified atom stereocenters. The lowest BCUT2D eigenvalue weighted by Crippen LogP contribution is -2.15. The summed E-state index contributed by atoms with van der Waals surface area (Å²) in [6, 6.07) is 14.7. The van der Waals surface area contributed by atoms with Crippen LogP contribution in [0.4, 0.5) is 0 Å². The average Bonchev–Trinajstić information content (AvgIpc) is 2.49. The van der Waals surface area contributed by atoms with Gasteiger partial charge in [0.25, 0.3) is 0 Å². The summed E-state index contributed by atoms with van der Waals surface area (Å²) in [5, 5.41) is 3.15. The van der Waals surface area contributed by atoms with E-state index < -0.39 is 0 Å². The molecule has 0 saturated carbocycles. The summed E-state index contributed by atoms with van der Waals surface area (Å²) in [7, 11) is 1.96. The van der Waals surface area contributed by atoms with Crippen molar-refractivity contribution in [1.82, 2.24) is 5.32 Å². The molecule has 0 atom stereocenters. The minimum Gasteiger partial charge on any atom is -0.486 e. The molecule has 0 saturated heterocycles. The molecule has 1 heterocycles. The summed E-state index contributed by atoms with van der Waals surface area (Å²) in [5.41, 5.74) is 1.29. The molecule has 104 valence electrons. The van der Waals surface area contributed by atoms with Crippen molar-refractivity contribution in [2.75, 3.05) is 20.3 Å². The van der Waals surface area contributed by atoms with Gasteiger partial charge < -0.3 is 14.8 Å². The van der Waals surface area contributed by atoms with Gasteiger partial charge in [-0.3, -0.25) is 0 Å². The first-order valence-corrected chi connectivity index (χ1v) is 7.48. The van der Waals surface area contributed by atoms with Gasteiger partial charge in [0.05, 0.1) is 0 Å². The molecule has 4 heteroatoms. The van der Waals surface area contributed by atoms with Crippen molar-refractivity contribution >= 4 is 11.8 Å². The Morgan fingerprint density at radius 2 is 1.65 bits per heavy atom. The predicted octanol–water partition coefficient (Wildman–Crippen LogP) is 3.33. The number of hydrogen-bond acceptors (Lipinski definition) is 4. The molecule has 0 spiro atoms. The Kier molecular flexibility index (Phi) is 4.14. The summed E-state index contributed by atoms with van der Waals surface area (Å²) < 4.78 is 11.1. The molecule has 1 aliphatic heterocycles. The summed E-state index contributed by atoms with van der Waals surface area (Å²) in [6.45, 7) is 2.15. The van der Waals surface area contributed by atoms with Crippen molar-refractivity contribution in [2.24, 2.45) is 0 Å². The third kappa shape index (κ3) is 3.08. The topological polar surface area (TPSA) is 30.5 Å². The second kappa shape index (κ2) is 6.20.